The first-order valence-corrected chi connectivity index (χ1v) is 11.3. The van der Waals surface area contributed by atoms with Gasteiger partial charge in [0.05, 0.1) is 25.3 Å². The maximum Gasteiger partial charge on any atom is 0.163 e. The van der Waals surface area contributed by atoms with Crippen LogP contribution in [0.2, 0.25) is 0 Å². The summed E-state index contributed by atoms with van der Waals surface area (Å²) in [5, 5.41) is 4.72. The lowest BCUT2D eigenvalue weighted by molar-refractivity contribution is 0.129. The molecule has 1 aliphatic carbocycles. The molecule has 0 bridgehead atoms. The highest BCUT2D eigenvalue weighted by Gasteiger charge is 2.22. The number of nitrogens with zero attached hydrogens (tertiary/aromatic N) is 2. The van der Waals surface area contributed by atoms with Gasteiger partial charge in [0.2, 0.25) is 0 Å². The van der Waals surface area contributed by atoms with Crippen LogP contribution >= 0.6 is 0 Å². The second-order valence-corrected chi connectivity index (χ2v) is 8.46. The van der Waals surface area contributed by atoms with Gasteiger partial charge in [-0.1, -0.05) is 0 Å². The average Bonchev–Trinajstić information content (AvgIpc) is 3.45. The molecule has 1 aromatic heterocycles. The highest BCUT2D eigenvalue weighted by Crippen LogP contribution is 2.39. The molecule has 1 atom stereocenters. The standard InChI is InChI=1S/C24H35N3O3/c1-17(28-2)16-25-24-18-8-6-9-20(18)26-21-15-23(22(29-3)14-19(21)24)30-13-7-12-27-10-4-5-11-27/h14-15,17H,4-13,16H2,1-3H3,(H,25,26)/t17-/m0/s1. The lowest BCUT2D eigenvalue weighted by Gasteiger charge is -2.19. The summed E-state index contributed by atoms with van der Waals surface area (Å²) in [6, 6.07) is 4.13. The molecule has 1 saturated heterocycles. The summed E-state index contributed by atoms with van der Waals surface area (Å²) in [7, 11) is 3.46. The topological polar surface area (TPSA) is 55.9 Å². The number of methoxy groups -OCH3 is 2. The Morgan fingerprint density at radius 3 is 2.70 bits per heavy atom. The largest absolute Gasteiger partial charge is 0.493 e. The highest BCUT2D eigenvalue weighted by atomic mass is 16.5. The van der Waals surface area contributed by atoms with Crippen molar-refractivity contribution in [3.05, 3.63) is 23.4 Å². The Morgan fingerprint density at radius 1 is 1.10 bits per heavy atom. The van der Waals surface area contributed by atoms with Gasteiger partial charge >= 0.3 is 0 Å². The zero-order valence-corrected chi connectivity index (χ0v) is 18.6. The molecule has 6 nitrogen and oxygen atoms in total. The van der Waals surface area contributed by atoms with Gasteiger partial charge in [0.1, 0.15) is 0 Å². The number of rotatable bonds is 10. The molecule has 2 aliphatic rings. The Bertz CT molecular complexity index is 865. The van der Waals surface area contributed by atoms with Gasteiger partial charge in [0.25, 0.3) is 0 Å². The smallest absolute Gasteiger partial charge is 0.163 e. The van der Waals surface area contributed by atoms with Crippen molar-refractivity contribution in [3.63, 3.8) is 0 Å². The second-order valence-electron chi connectivity index (χ2n) is 8.46. The van der Waals surface area contributed by atoms with Crippen LogP contribution in [0.5, 0.6) is 11.5 Å². The van der Waals surface area contributed by atoms with Crippen LogP contribution in [0.3, 0.4) is 0 Å². The number of benzene rings is 1. The maximum absolute atomic E-state index is 6.14. The molecule has 1 fully saturated rings. The minimum absolute atomic E-state index is 0.144. The Kier molecular flexibility index (Phi) is 6.95. The van der Waals surface area contributed by atoms with E-state index >= 15 is 0 Å². The van der Waals surface area contributed by atoms with E-state index in [0.29, 0.717) is 6.61 Å². The summed E-state index contributed by atoms with van der Waals surface area (Å²) in [4.78, 5) is 7.49. The third-order valence-corrected chi connectivity index (χ3v) is 6.34. The van der Waals surface area contributed by atoms with Crippen molar-refractivity contribution < 1.29 is 14.2 Å². The van der Waals surface area contributed by atoms with Crippen LogP contribution in [-0.4, -0.2) is 63.0 Å². The minimum Gasteiger partial charge on any atom is -0.493 e. The quantitative estimate of drug-likeness (QED) is 0.593. The lowest BCUT2D eigenvalue weighted by Crippen LogP contribution is -2.22. The predicted octanol–water partition coefficient (Wildman–Crippen LogP) is 4.04. The molecule has 4 rings (SSSR count). The molecule has 30 heavy (non-hydrogen) atoms. The fourth-order valence-electron chi connectivity index (χ4n) is 4.55. The van der Waals surface area contributed by atoms with Crippen molar-refractivity contribution in [1.82, 2.24) is 9.88 Å². The number of likely N-dealkylation sites (tertiary alicyclic amines) is 1. The van der Waals surface area contributed by atoms with E-state index in [1.54, 1.807) is 14.2 Å². The number of nitrogens with one attached hydrogen (secondary N) is 1. The molecule has 6 heteroatoms. The molecule has 1 N–H and O–H groups in total. The van der Waals surface area contributed by atoms with Crippen LogP contribution < -0.4 is 14.8 Å². The Hall–Kier alpha value is -2.05. The van der Waals surface area contributed by atoms with Gasteiger partial charge in [0, 0.05) is 43.0 Å². The molecule has 0 spiro atoms. The SMILES string of the molecule is COc1cc2c(NC[C@H](C)OC)c3c(nc2cc1OCCCN1CCCC1)CCC3. The molecule has 1 aliphatic heterocycles. The number of aryl methyl sites for hydroxylation is 1. The van der Waals surface area contributed by atoms with Gasteiger partial charge in [-0.05, 0) is 70.2 Å². The molecule has 2 aromatic rings. The van der Waals surface area contributed by atoms with Gasteiger partial charge in [-0.2, -0.15) is 0 Å². The van der Waals surface area contributed by atoms with Gasteiger partial charge in [-0.25, -0.2) is 0 Å². The first kappa shape index (κ1) is 21.2. The van der Waals surface area contributed by atoms with Gasteiger partial charge in [0.15, 0.2) is 11.5 Å². The Labute approximate surface area is 179 Å². The van der Waals surface area contributed by atoms with E-state index in [1.165, 1.54) is 42.9 Å². The Balaban J connectivity index is 1.56. The van der Waals surface area contributed by atoms with Crippen LogP contribution in [0.4, 0.5) is 5.69 Å². The van der Waals surface area contributed by atoms with E-state index in [9.17, 15) is 0 Å². The van der Waals surface area contributed by atoms with Crippen LogP contribution in [-0.2, 0) is 17.6 Å². The molecule has 2 heterocycles. The fourth-order valence-corrected chi connectivity index (χ4v) is 4.55. The second kappa shape index (κ2) is 9.84. The van der Waals surface area contributed by atoms with E-state index in [0.717, 1.165) is 61.2 Å². The van der Waals surface area contributed by atoms with Gasteiger partial charge < -0.3 is 24.4 Å². The summed E-state index contributed by atoms with van der Waals surface area (Å²) in [5.74, 6) is 1.55. The molecular weight excluding hydrogens is 378 g/mol. The van der Waals surface area contributed by atoms with Gasteiger partial charge in [-0.3, -0.25) is 4.98 Å². The molecule has 0 saturated carbocycles. The van der Waals surface area contributed by atoms with Crippen LogP contribution in [0.15, 0.2) is 12.1 Å². The number of aromatic nitrogens is 1. The lowest BCUT2D eigenvalue weighted by atomic mass is 10.1. The monoisotopic (exact) mass is 413 g/mol. The number of anilines is 1. The number of fused-ring (bicyclic) bond motifs is 2. The normalized spacial score (nSPS) is 17.3. The summed E-state index contributed by atoms with van der Waals surface area (Å²) >= 11 is 0. The minimum atomic E-state index is 0.144. The molecule has 0 unspecified atom stereocenters. The summed E-state index contributed by atoms with van der Waals surface area (Å²) in [6.07, 6.45) is 7.09. The van der Waals surface area contributed by atoms with Crippen molar-refractivity contribution in [3.8, 4) is 11.5 Å². The summed E-state index contributed by atoms with van der Waals surface area (Å²) in [5.41, 5.74) is 4.70. The molecule has 0 amide bonds. The predicted molar refractivity (Wildman–Crippen MR) is 121 cm³/mol. The molecule has 164 valence electrons. The Morgan fingerprint density at radius 2 is 1.93 bits per heavy atom. The summed E-state index contributed by atoms with van der Waals surface area (Å²) in [6.45, 7) is 7.09. The summed E-state index contributed by atoms with van der Waals surface area (Å²) < 4.78 is 17.3. The number of hydrogen-bond donors (Lipinski definition) is 1. The van der Waals surface area contributed by atoms with Crippen molar-refractivity contribution in [2.75, 3.05) is 52.3 Å². The van der Waals surface area contributed by atoms with E-state index in [1.807, 2.05) is 6.07 Å². The maximum atomic E-state index is 6.14. The highest BCUT2D eigenvalue weighted by molar-refractivity contribution is 5.96. The van der Waals surface area contributed by atoms with Gasteiger partial charge in [-0.15, -0.1) is 0 Å². The molecular formula is C24H35N3O3. The van der Waals surface area contributed by atoms with Crippen LogP contribution in [0.1, 0.15) is 43.9 Å². The van der Waals surface area contributed by atoms with E-state index in [4.69, 9.17) is 19.2 Å². The number of hydrogen-bond acceptors (Lipinski definition) is 6. The number of pyridine rings is 1. The molecule has 0 radical (unpaired) electrons. The molecule has 1 aromatic carbocycles. The van der Waals surface area contributed by atoms with Crippen molar-refractivity contribution >= 4 is 16.6 Å². The third kappa shape index (κ3) is 4.65. The first-order valence-electron chi connectivity index (χ1n) is 11.3. The fraction of sp³-hybridized carbons (Fsp3) is 0.625. The van der Waals surface area contributed by atoms with E-state index in [-0.39, 0.29) is 6.10 Å². The van der Waals surface area contributed by atoms with Crippen LogP contribution in [0.25, 0.3) is 10.9 Å². The van der Waals surface area contributed by atoms with Crippen molar-refractivity contribution in [2.24, 2.45) is 0 Å². The first-order chi connectivity index (χ1) is 14.7. The van der Waals surface area contributed by atoms with E-state index < -0.39 is 0 Å². The van der Waals surface area contributed by atoms with Crippen molar-refractivity contribution in [1.29, 1.82) is 0 Å². The van der Waals surface area contributed by atoms with Crippen LogP contribution in [0, 0.1) is 0 Å². The number of ether oxygens (including phenoxy) is 3. The zero-order chi connectivity index (χ0) is 20.9. The average molecular weight is 414 g/mol. The third-order valence-electron chi connectivity index (χ3n) is 6.34. The van der Waals surface area contributed by atoms with E-state index in [2.05, 4.69) is 23.2 Å². The van der Waals surface area contributed by atoms with Crippen molar-refractivity contribution in [2.45, 2.75) is 51.6 Å². The zero-order valence-electron chi connectivity index (χ0n) is 18.6.